The molecule has 3 heteroatoms. The molecule has 0 unspecified atom stereocenters. The summed E-state index contributed by atoms with van der Waals surface area (Å²) in [4.78, 5) is 4.51. The van der Waals surface area contributed by atoms with Gasteiger partial charge in [0.1, 0.15) is 0 Å². The summed E-state index contributed by atoms with van der Waals surface area (Å²) < 4.78 is 0.359. The Morgan fingerprint density at radius 2 is 1.90 bits per heavy atom. The number of nitrogens with one attached hydrogen (secondary N) is 1. The van der Waals surface area contributed by atoms with Crippen molar-refractivity contribution >= 4 is 22.7 Å². The van der Waals surface area contributed by atoms with Gasteiger partial charge in [0.25, 0.3) is 0 Å². The van der Waals surface area contributed by atoms with E-state index < -0.39 is 0 Å². The molecule has 0 spiro atoms. The molecule has 1 aromatic carbocycles. The molecule has 0 aliphatic carbocycles. The molecule has 0 radical (unpaired) electrons. The SMILES string of the molecule is CCC(CC)(CNCc1cccc2cccnc12)SC. The summed E-state index contributed by atoms with van der Waals surface area (Å²) in [6.45, 7) is 6.49. The third kappa shape index (κ3) is 3.33. The quantitative estimate of drug-likeness (QED) is 0.824. The van der Waals surface area contributed by atoms with E-state index in [9.17, 15) is 0 Å². The summed E-state index contributed by atoms with van der Waals surface area (Å²) in [5.41, 5.74) is 2.40. The van der Waals surface area contributed by atoms with Crippen molar-refractivity contribution in [3.63, 3.8) is 0 Å². The number of hydrogen-bond donors (Lipinski definition) is 1. The van der Waals surface area contributed by atoms with Crippen molar-refractivity contribution in [1.82, 2.24) is 10.3 Å². The van der Waals surface area contributed by atoms with Gasteiger partial charge < -0.3 is 5.32 Å². The topological polar surface area (TPSA) is 24.9 Å². The van der Waals surface area contributed by atoms with E-state index >= 15 is 0 Å². The lowest BCUT2D eigenvalue weighted by atomic mass is 10.0. The van der Waals surface area contributed by atoms with Crippen molar-refractivity contribution in [1.29, 1.82) is 0 Å². The van der Waals surface area contributed by atoms with Crippen LogP contribution in [0.3, 0.4) is 0 Å². The van der Waals surface area contributed by atoms with Gasteiger partial charge in [-0.2, -0.15) is 11.8 Å². The van der Waals surface area contributed by atoms with Crippen LogP contribution in [-0.2, 0) is 6.54 Å². The summed E-state index contributed by atoms with van der Waals surface area (Å²) in [5, 5.41) is 4.84. The average Bonchev–Trinajstić information content (AvgIpc) is 2.52. The highest BCUT2D eigenvalue weighted by Gasteiger charge is 2.24. The molecular formula is C17H24N2S. The highest BCUT2D eigenvalue weighted by molar-refractivity contribution is 8.00. The van der Waals surface area contributed by atoms with Crippen LogP contribution in [0.5, 0.6) is 0 Å². The van der Waals surface area contributed by atoms with Gasteiger partial charge in [-0.1, -0.05) is 38.1 Å². The zero-order chi connectivity index (χ0) is 14.4. The van der Waals surface area contributed by atoms with Crippen molar-refractivity contribution in [2.45, 2.75) is 38.0 Å². The smallest absolute Gasteiger partial charge is 0.0746 e. The predicted molar refractivity (Wildman–Crippen MR) is 90.3 cm³/mol. The van der Waals surface area contributed by atoms with E-state index in [-0.39, 0.29) is 0 Å². The number of aromatic nitrogens is 1. The molecule has 0 fully saturated rings. The van der Waals surface area contributed by atoms with Gasteiger partial charge in [-0.3, -0.25) is 4.98 Å². The molecule has 0 atom stereocenters. The molecule has 0 aliphatic heterocycles. The maximum absolute atomic E-state index is 4.51. The van der Waals surface area contributed by atoms with Gasteiger partial charge in [0.2, 0.25) is 0 Å². The Kier molecular flexibility index (Phi) is 5.44. The van der Waals surface area contributed by atoms with Crippen LogP contribution in [0.15, 0.2) is 36.5 Å². The standard InChI is InChI=1S/C17H24N2S/c1-4-17(5-2,20-3)13-18-12-15-9-6-8-14-10-7-11-19-16(14)15/h6-11,18H,4-5,12-13H2,1-3H3. The fourth-order valence-corrected chi connectivity index (χ4v) is 3.42. The Morgan fingerprint density at radius 1 is 1.15 bits per heavy atom. The van der Waals surface area contributed by atoms with Gasteiger partial charge in [0, 0.05) is 29.4 Å². The largest absolute Gasteiger partial charge is 0.311 e. The average molecular weight is 288 g/mol. The van der Waals surface area contributed by atoms with E-state index in [1.54, 1.807) is 0 Å². The third-order valence-corrected chi connectivity index (χ3v) is 5.79. The highest BCUT2D eigenvalue weighted by atomic mass is 32.2. The molecule has 2 rings (SSSR count). The van der Waals surface area contributed by atoms with Crippen LogP contribution < -0.4 is 5.32 Å². The van der Waals surface area contributed by atoms with Crippen LogP contribution in [0, 0.1) is 0 Å². The molecular weight excluding hydrogens is 264 g/mol. The van der Waals surface area contributed by atoms with E-state index in [1.165, 1.54) is 23.8 Å². The van der Waals surface area contributed by atoms with E-state index in [1.807, 2.05) is 24.0 Å². The zero-order valence-corrected chi connectivity index (χ0v) is 13.5. The van der Waals surface area contributed by atoms with Crippen LogP contribution in [0.25, 0.3) is 10.9 Å². The van der Waals surface area contributed by atoms with Crippen LogP contribution in [-0.4, -0.2) is 22.5 Å². The molecule has 0 saturated heterocycles. The molecule has 0 saturated carbocycles. The van der Waals surface area contributed by atoms with Gasteiger partial charge in [0.05, 0.1) is 5.52 Å². The Hall–Kier alpha value is -1.06. The Balaban J connectivity index is 2.06. The fourth-order valence-electron chi connectivity index (χ4n) is 2.60. The maximum Gasteiger partial charge on any atom is 0.0746 e. The van der Waals surface area contributed by atoms with Gasteiger partial charge in [-0.25, -0.2) is 0 Å². The molecule has 0 amide bonds. The summed E-state index contributed by atoms with van der Waals surface area (Å²) in [5.74, 6) is 0. The summed E-state index contributed by atoms with van der Waals surface area (Å²) in [6.07, 6.45) is 6.49. The van der Waals surface area contributed by atoms with Crippen LogP contribution >= 0.6 is 11.8 Å². The van der Waals surface area contributed by atoms with Crippen LogP contribution in [0.4, 0.5) is 0 Å². The lowest BCUT2D eigenvalue weighted by Crippen LogP contribution is -2.36. The minimum absolute atomic E-state index is 0.359. The molecule has 2 nitrogen and oxygen atoms in total. The van der Waals surface area contributed by atoms with E-state index in [4.69, 9.17) is 0 Å². The first-order valence-corrected chi connectivity index (χ1v) is 8.55. The van der Waals surface area contributed by atoms with Gasteiger partial charge in [-0.05, 0) is 30.7 Å². The Bertz CT molecular complexity index is 536. The van der Waals surface area contributed by atoms with Gasteiger partial charge in [-0.15, -0.1) is 0 Å². The number of thioether (sulfide) groups is 1. The monoisotopic (exact) mass is 288 g/mol. The normalized spacial score (nSPS) is 11.9. The summed E-state index contributed by atoms with van der Waals surface area (Å²) in [6, 6.07) is 10.5. The van der Waals surface area contributed by atoms with Gasteiger partial charge >= 0.3 is 0 Å². The second kappa shape index (κ2) is 7.09. The third-order valence-electron chi connectivity index (χ3n) is 4.20. The number of nitrogens with zero attached hydrogens (tertiary/aromatic N) is 1. The highest BCUT2D eigenvalue weighted by Crippen LogP contribution is 2.29. The van der Waals surface area contributed by atoms with Crippen LogP contribution in [0.2, 0.25) is 0 Å². The molecule has 0 aliphatic rings. The number of rotatable bonds is 7. The van der Waals surface area contributed by atoms with Crippen molar-refractivity contribution in [3.8, 4) is 0 Å². The first-order valence-electron chi connectivity index (χ1n) is 7.33. The van der Waals surface area contributed by atoms with Crippen molar-refractivity contribution in [2.75, 3.05) is 12.8 Å². The van der Waals surface area contributed by atoms with E-state index in [2.05, 4.69) is 54.7 Å². The number of fused-ring (bicyclic) bond motifs is 1. The molecule has 20 heavy (non-hydrogen) atoms. The number of pyridine rings is 1. The summed E-state index contributed by atoms with van der Waals surface area (Å²) >= 11 is 1.98. The first-order chi connectivity index (χ1) is 9.74. The second-order valence-electron chi connectivity index (χ2n) is 5.19. The zero-order valence-electron chi connectivity index (χ0n) is 12.6. The molecule has 1 heterocycles. The van der Waals surface area contributed by atoms with E-state index in [0.29, 0.717) is 4.75 Å². The minimum Gasteiger partial charge on any atom is -0.311 e. The molecule has 108 valence electrons. The molecule has 0 bridgehead atoms. The number of para-hydroxylation sites is 1. The van der Waals surface area contributed by atoms with Crippen molar-refractivity contribution < 1.29 is 0 Å². The van der Waals surface area contributed by atoms with Crippen LogP contribution in [0.1, 0.15) is 32.3 Å². The lowest BCUT2D eigenvalue weighted by molar-refractivity contribution is 0.495. The van der Waals surface area contributed by atoms with Crippen molar-refractivity contribution in [3.05, 3.63) is 42.1 Å². The second-order valence-corrected chi connectivity index (χ2v) is 6.46. The molecule has 1 aromatic heterocycles. The fraction of sp³-hybridized carbons (Fsp3) is 0.471. The Morgan fingerprint density at radius 3 is 2.60 bits per heavy atom. The molecule has 2 aromatic rings. The number of benzene rings is 1. The first kappa shape index (κ1) is 15.3. The van der Waals surface area contributed by atoms with Gasteiger partial charge in [0.15, 0.2) is 0 Å². The Labute approximate surface area is 126 Å². The van der Waals surface area contributed by atoms with E-state index in [0.717, 1.165) is 18.6 Å². The predicted octanol–water partition coefficient (Wildman–Crippen LogP) is 4.25. The maximum atomic E-state index is 4.51. The summed E-state index contributed by atoms with van der Waals surface area (Å²) in [7, 11) is 0. The minimum atomic E-state index is 0.359. The number of hydrogen-bond acceptors (Lipinski definition) is 3. The van der Waals surface area contributed by atoms with Crippen molar-refractivity contribution in [2.24, 2.45) is 0 Å². The lowest BCUT2D eigenvalue weighted by Gasteiger charge is -2.30. The molecule has 1 N–H and O–H groups in total.